The number of imidazole rings is 1. The minimum atomic E-state index is -3.91. The van der Waals surface area contributed by atoms with Gasteiger partial charge in [0, 0.05) is 17.2 Å². The third kappa shape index (κ3) is 5.62. The number of amidine groups is 1. The fourth-order valence-electron chi connectivity index (χ4n) is 2.33. The highest BCUT2D eigenvalue weighted by Gasteiger charge is 2.32. The predicted octanol–water partition coefficient (Wildman–Crippen LogP) is 1.94. The number of sulfone groups is 1. The number of nitrogens with one attached hydrogen (secondary N) is 2. The Hall–Kier alpha value is -2.75. The molecule has 1 aromatic heterocycles. The second-order valence-electron chi connectivity index (χ2n) is 5.72. The summed E-state index contributed by atoms with van der Waals surface area (Å²) in [5.41, 5.74) is 1.99. The lowest BCUT2D eigenvalue weighted by molar-refractivity contribution is 0.595. The molecular formula is C19H21N5O2S2. The Morgan fingerprint density at radius 2 is 2.18 bits per heavy atom. The van der Waals surface area contributed by atoms with Crippen LogP contribution in [0.25, 0.3) is 0 Å². The molecule has 146 valence electrons. The fraction of sp³-hybridized carbons (Fsp3) is 0.316. The van der Waals surface area contributed by atoms with Crippen molar-refractivity contribution in [3.63, 3.8) is 0 Å². The Labute approximate surface area is 169 Å². The maximum absolute atomic E-state index is 12.8. The van der Waals surface area contributed by atoms with Crippen LogP contribution in [0.4, 0.5) is 0 Å². The summed E-state index contributed by atoms with van der Waals surface area (Å²) in [6, 6.07) is 9.70. The van der Waals surface area contributed by atoms with E-state index in [1.54, 1.807) is 36.3 Å². The first-order valence-electron chi connectivity index (χ1n) is 8.47. The molecule has 0 fully saturated rings. The number of H-pyrrole nitrogens is 1. The average molecular weight is 416 g/mol. The molecule has 0 radical (unpaired) electrons. The van der Waals surface area contributed by atoms with Gasteiger partial charge >= 0.3 is 0 Å². The topological polar surface area (TPSA) is 111 Å². The van der Waals surface area contributed by atoms with E-state index in [1.807, 2.05) is 13.0 Å². The number of aromatic amines is 1. The maximum atomic E-state index is 12.8. The zero-order valence-electron chi connectivity index (χ0n) is 15.4. The zero-order chi connectivity index (χ0) is 20.4. The molecule has 1 unspecified atom stereocenters. The van der Waals surface area contributed by atoms with Gasteiger partial charge in [0.2, 0.25) is 15.1 Å². The van der Waals surface area contributed by atoms with Crippen molar-refractivity contribution in [2.75, 3.05) is 18.8 Å². The van der Waals surface area contributed by atoms with E-state index in [1.165, 1.54) is 12.1 Å². The molecule has 0 aliphatic heterocycles. The maximum Gasteiger partial charge on any atom is 0.208 e. The van der Waals surface area contributed by atoms with Gasteiger partial charge in [0.15, 0.2) is 0 Å². The van der Waals surface area contributed by atoms with Gasteiger partial charge in [0.05, 0.1) is 36.1 Å². The van der Waals surface area contributed by atoms with Crippen LogP contribution in [0.2, 0.25) is 0 Å². The summed E-state index contributed by atoms with van der Waals surface area (Å²) in [5, 5.41) is 10.9. The Morgan fingerprint density at radius 3 is 2.79 bits per heavy atom. The smallest absolute Gasteiger partial charge is 0.208 e. The summed E-state index contributed by atoms with van der Waals surface area (Å²) in [4.78, 5) is 11.6. The van der Waals surface area contributed by atoms with Gasteiger partial charge in [-0.05, 0) is 19.1 Å². The van der Waals surface area contributed by atoms with Crippen LogP contribution in [0.5, 0.6) is 0 Å². The monoisotopic (exact) mass is 415 g/mol. The summed E-state index contributed by atoms with van der Waals surface area (Å²) in [5.74, 6) is 3.83. The van der Waals surface area contributed by atoms with Crippen molar-refractivity contribution in [1.82, 2.24) is 15.3 Å². The molecule has 2 aromatic rings. The number of thioether (sulfide) groups is 1. The first-order chi connectivity index (χ1) is 13.5. The normalized spacial score (nSPS) is 12.8. The molecule has 0 saturated heterocycles. The summed E-state index contributed by atoms with van der Waals surface area (Å²) in [6.45, 7) is 2.39. The Balaban J connectivity index is 2.09. The van der Waals surface area contributed by atoms with Crippen LogP contribution in [0, 0.1) is 30.6 Å². The van der Waals surface area contributed by atoms with E-state index < -0.39 is 15.1 Å². The number of terminal acetylenes is 1. The van der Waals surface area contributed by atoms with E-state index in [-0.39, 0.29) is 17.3 Å². The molecule has 9 heteroatoms. The van der Waals surface area contributed by atoms with Gasteiger partial charge in [-0.1, -0.05) is 24.1 Å². The number of benzene rings is 1. The number of aromatic nitrogens is 2. The third-order valence-electron chi connectivity index (χ3n) is 3.81. The van der Waals surface area contributed by atoms with Crippen molar-refractivity contribution in [3.8, 4) is 18.4 Å². The highest BCUT2D eigenvalue weighted by atomic mass is 32.2. The standard InChI is InChI=1S/C19H21N5O2S2/c1-3-9-21-19(22-10-11-27-13-17-15(2)23-14-24-17)18(12-20)28(25,26)16-7-5-4-6-8-16/h1,4-8,14,18H,9-11,13H2,2H3,(H,21,22)(H,23,24). The van der Waals surface area contributed by atoms with Gasteiger partial charge in [-0.3, -0.25) is 4.99 Å². The van der Waals surface area contributed by atoms with Crippen molar-refractivity contribution >= 4 is 27.4 Å². The molecule has 0 bridgehead atoms. The molecule has 2 rings (SSSR count). The highest BCUT2D eigenvalue weighted by molar-refractivity contribution is 7.98. The largest absolute Gasteiger partial charge is 0.361 e. The Kier molecular flexibility index (Phi) is 8.12. The number of aryl methyl sites for hydroxylation is 1. The molecule has 0 aliphatic carbocycles. The van der Waals surface area contributed by atoms with Crippen molar-refractivity contribution in [2.24, 2.45) is 4.99 Å². The lowest BCUT2D eigenvalue weighted by Crippen LogP contribution is -2.39. The van der Waals surface area contributed by atoms with Crippen LogP contribution in [-0.2, 0) is 15.6 Å². The molecule has 0 spiro atoms. The van der Waals surface area contributed by atoms with Crippen LogP contribution < -0.4 is 5.32 Å². The zero-order valence-corrected chi connectivity index (χ0v) is 17.1. The molecule has 0 amide bonds. The number of aliphatic imine (C=N–C) groups is 1. The van der Waals surface area contributed by atoms with Crippen molar-refractivity contribution < 1.29 is 8.42 Å². The van der Waals surface area contributed by atoms with Gasteiger partial charge < -0.3 is 10.3 Å². The number of rotatable bonds is 9. The number of hydrogen-bond donors (Lipinski definition) is 2. The molecule has 28 heavy (non-hydrogen) atoms. The molecule has 1 aromatic carbocycles. The van der Waals surface area contributed by atoms with Gasteiger partial charge in [-0.15, -0.1) is 6.42 Å². The third-order valence-corrected chi connectivity index (χ3v) is 6.64. The van der Waals surface area contributed by atoms with Crippen molar-refractivity contribution in [1.29, 1.82) is 5.26 Å². The van der Waals surface area contributed by atoms with Gasteiger partial charge in [0.25, 0.3) is 0 Å². The molecule has 0 aliphatic rings. The fourth-order valence-corrected chi connectivity index (χ4v) is 4.58. The number of hydrogen-bond acceptors (Lipinski definition) is 6. The summed E-state index contributed by atoms with van der Waals surface area (Å²) in [6.07, 6.45) is 6.92. The summed E-state index contributed by atoms with van der Waals surface area (Å²) in [7, 11) is -3.91. The Morgan fingerprint density at radius 1 is 1.43 bits per heavy atom. The SMILES string of the molecule is C#CCNC(=NCCSCc1nc[nH]c1C)C(C#N)S(=O)(=O)c1ccccc1. The summed E-state index contributed by atoms with van der Waals surface area (Å²) >= 11 is 1.62. The molecule has 1 heterocycles. The second kappa shape index (κ2) is 10.5. The van der Waals surface area contributed by atoms with Gasteiger partial charge in [-0.2, -0.15) is 17.0 Å². The second-order valence-corrected chi connectivity index (χ2v) is 8.86. The van der Waals surface area contributed by atoms with E-state index in [2.05, 4.69) is 26.2 Å². The highest BCUT2D eigenvalue weighted by Crippen LogP contribution is 2.17. The van der Waals surface area contributed by atoms with E-state index >= 15 is 0 Å². The van der Waals surface area contributed by atoms with Crippen LogP contribution in [0.3, 0.4) is 0 Å². The first-order valence-corrected chi connectivity index (χ1v) is 11.2. The molecule has 7 nitrogen and oxygen atoms in total. The number of nitriles is 1. The minimum Gasteiger partial charge on any atom is -0.361 e. The lowest BCUT2D eigenvalue weighted by Gasteiger charge is -2.15. The van der Waals surface area contributed by atoms with Gasteiger partial charge in [-0.25, -0.2) is 13.4 Å². The lowest BCUT2D eigenvalue weighted by atomic mass is 10.4. The quantitative estimate of drug-likeness (QED) is 0.280. The molecule has 0 saturated carbocycles. The van der Waals surface area contributed by atoms with Crippen LogP contribution >= 0.6 is 11.8 Å². The first kappa shape index (κ1) is 21.5. The average Bonchev–Trinajstić information content (AvgIpc) is 3.11. The molecule has 2 N–H and O–H groups in total. The number of nitrogens with zero attached hydrogens (tertiary/aromatic N) is 3. The van der Waals surface area contributed by atoms with Gasteiger partial charge in [0.1, 0.15) is 5.84 Å². The Bertz CT molecular complexity index is 985. The van der Waals surface area contributed by atoms with E-state index in [4.69, 9.17) is 6.42 Å². The van der Waals surface area contributed by atoms with Crippen LogP contribution in [0.1, 0.15) is 11.4 Å². The molecular weight excluding hydrogens is 394 g/mol. The minimum absolute atomic E-state index is 0.0696. The van der Waals surface area contributed by atoms with E-state index in [0.29, 0.717) is 12.3 Å². The van der Waals surface area contributed by atoms with Crippen molar-refractivity contribution in [3.05, 3.63) is 48.0 Å². The van der Waals surface area contributed by atoms with Crippen LogP contribution in [-0.4, -0.2) is 48.3 Å². The molecule has 1 atom stereocenters. The van der Waals surface area contributed by atoms with Crippen molar-refractivity contribution in [2.45, 2.75) is 22.8 Å². The van der Waals surface area contributed by atoms with E-state index in [9.17, 15) is 13.7 Å². The predicted molar refractivity (Wildman–Crippen MR) is 112 cm³/mol. The van der Waals surface area contributed by atoms with E-state index in [0.717, 1.165) is 17.1 Å². The van der Waals surface area contributed by atoms with Crippen LogP contribution in [0.15, 0.2) is 46.5 Å². The summed E-state index contributed by atoms with van der Waals surface area (Å²) < 4.78 is 25.7.